The number of halogens is 1. The molecule has 1 aliphatic rings. The molecule has 0 fully saturated rings. The van der Waals surface area contributed by atoms with E-state index < -0.39 is 10.9 Å². The molecule has 0 aromatic heterocycles. The number of nitrogens with zero attached hydrogens (tertiary/aromatic N) is 2. The zero-order valence-corrected chi connectivity index (χ0v) is 13.2. The number of hydrogen-bond donors (Lipinski definition) is 0. The number of esters is 1. The summed E-state index contributed by atoms with van der Waals surface area (Å²) in [5, 5.41) is 10.8. The topological polar surface area (TPSA) is 81.8 Å². The van der Waals surface area contributed by atoms with Crippen molar-refractivity contribution in [3.05, 3.63) is 79.9 Å². The molecule has 0 atom stereocenters. The largest absolute Gasteiger partial charge is 0.402 e. The van der Waals surface area contributed by atoms with Crippen LogP contribution in [0.2, 0.25) is 0 Å². The van der Waals surface area contributed by atoms with E-state index >= 15 is 0 Å². The number of cyclic esters (lactones) is 1. The Labute approximate surface area is 139 Å². The third kappa shape index (κ3) is 3.19. The molecule has 6 nitrogen and oxygen atoms in total. The van der Waals surface area contributed by atoms with E-state index in [0.717, 1.165) is 10.0 Å². The molecular formula is C16H9BrN2O4. The number of carbonyl (C=O) groups is 1. The highest BCUT2D eigenvalue weighted by Gasteiger charge is 2.25. The Balaban J connectivity index is 1.97. The molecule has 7 heteroatoms. The van der Waals surface area contributed by atoms with Gasteiger partial charge in [0.1, 0.15) is 0 Å². The summed E-state index contributed by atoms with van der Waals surface area (Å²) in [7, 11) is 0. The third-order valence-corrected chi connectivity index (χ3v) is 3.84. The molecule has 2 aromatic rings. The average molecular weight is 373 g/mol. The van der Waals surface area contributed by atoms with Gasteiger partial charge in [-0.15, -0.1) is 0 Å². The molecule has 114 valence electrons. The SMILES string of the molecule is O=C1OC(c2cccc([N+](=O)[O-])c2)=N/C1=C\c1ccccc1Br. The van der Waals surface area contributed by atoms with Crippen LogP contribution in [-0.4, -0.2) is 16.8 Å². The van der Waals surface area contributed by atoms with Gasteiger partial charge in [0.05, 0.1) is 4.92 Å². The normalized spacial score (nSPS) is 15.4. The van der Waals surface area contributed by atoms with Crippen LogP contribution in [0.3, 0.4) is 0 Å². The fraction of sp³-hybridized carbons (Fsp3) is 0. The van der Waals surface area contributed by atoms with E-state index in [1.165, 1.54) is 18.2 Å². The highest BCUT2D eigenvalue weighted by Crippen LogP contribution is 2.24. The summed E-state index contributed by atoms with van der Waals surface area (Å²) in [4.78, 5) is 26.4. The van der Waals surface area contributed by atoms with E-state index in [9.17, 15) is 14.9 Å². The van der Waals surface area contributed by atoms with Crippen LogP contribution in [0.5, 0.6) is 0 Å². The van der Waals surface area contributed by atoms with E-state index in [0.29, 0.717) is 5.56 Å². The van der Waals surface area contributed by atoms with Gasteiger partial charge in [-0.25, -0.2) is 9.79 Å². The summed E-state index contributed by atoms with van der Waals surface area (Å²) in [6.45, 7) is 0. The first-order valence-corrected chi connectivity index (χ1v) is 7.36. The molecule has 1 heterocycles. The minimum absolute atomic E-state index is 0.0528. The first-order chi connectivity index (χ1) is 11.0. The molecule has 0 unspecified atom stereocenters. The lowest BCUT2D eigenvalue weighted by Crippen LogP contribution is -2.05. The van der Waals surface area contributed by atoms with Gasteiger partial charge in [-0.05, 0) is 23.8 Å². The molecule has 0 saturated carbocycles. The first-order valence-electron chi connectivity index (χ1n) is 6.56. The fourth-order valence-electron chi connectivity index (χ4n) is 2.02. The van der Waals surface area contributed by atoms with Gasteiger partial charge in [0.15, 0.2) is 5.70 Å². The zero-order chi connectivity index (χ0) is 16.4. The van der Waals surface area contributed by atoms with E-state index in [1.54, 1.807) is 12.1 Å². The molecule has 0 spiro atoms. The standard InChI is InChI=1S/C16H9BrN2O4/c17-13-7-2-1-4-10(13)9-14-16(20)23-15(18-14)11-5-3-6-12(8-11)19(21)22/h1-9H/b14-9-. The van der Waals surface area contributed by atoms with Crippen LogP contribution in [0.4, 0.5) is 5.69 Å². The van der Waals surface area contributed by atoms with Crippen LogP contribution in [0, 0.1) is 10.1 Å². The maximum Gasteiger partial charge on any atom is 0.363 e. The van der Waals surface area contributed by atoms with Gasteiger partial charge in [0.2, 0.25) is 5.90 Å². The molecule has 23 heavy (non-hydrogen) atoms. The van der Waals surface area contributed by atoms with E-state index in [2.05, 4.69) is 20.9 Å². The number of nitro benzene ring substituents is 1. The third-order valence-electron chi connectivity index (χ3n) is 3.12. The maximum absolute atomic E-state index is 11.9. The molecular weight excluding hydrogens is 364 g/mol. The maximum atomic E-state index is 11.9. The predicted molar refractivity (Wildman–Crippen MR) is 87.8 cm³/mol. The van der Waals surface area contributed by atoms with Crippen molar-refractivity contribution in [3.63, 3.8) is 0 Å². The lowest BCUT2D eigenvalue weighted by Gasteiger charge is -1.98. The van der Waals surface area contributed by atoms with Crippen LogP contribution in [0.25, 0.3) is 6.08 Å². The van der Waals surface area contributed by atoms with E-state index in [4.69, 9.17) is 4.74 Å². The molecule has 3 rings (SSSR count). The van der Waals surface area contributed by atoms with Crippen LogP contribution in [0.15, 0.2) is 63.7 Å². The average Bonchev–Trinajstić information content (AvgIpc) is 2.91. The lowest BCUT2D eigenvalue weighted by molar-refractivity contribution is -0.384. The van der Waals surface area contributed by atoms with Crippen molar-refractivity contribution in [1.29, 1.82) is 0 Å². The molecule has 1 aliphatic heterocycles. The summed E-state index contributed by atoms with van der Waals surface area (Å²) >= 11 is 3.39. The van der Waals surface area contributed by atoms with Crippen LogP contribution in [-0.2, 0) is 9.53 Å². The van der Waals surface area contributed by atoms with Gasteiger partial charge in [0, 0.05) is 22.2 Å². The fourth-order valence-corrected chi connectivity index (χ4v) is 2.42. The molecule has 0 saturated heterocycles. The highest BCUT2D eigenvalue weighted by atomic mass is 79.9. The molecule has 0 aliphatic carbocycles. The van der Waals surface area contributed by atoms with Crippen LogP contribution < -0.4 is 0 Å². The number of ether oxygens (including phenoxy) is 1. The number of aliphatic imine (C=N–C) groups is 1. The van der Waals surface area contributed by atoms with E-state index in [-0.39, 0.29) is 17.3 Å². The molecule has 0 N–H and O–H groups in total. The number of nitro groups is 1. The van der Waals surface area contributed by atoms with Crippen LogP contribution in [0.1, 0.15) is 11.1 Å². The second-order valence-corrected chi connectivity index (χ2v) is 5.52. The Bertz CT molecular complexity index is 874. The summed E-state index contributed by atoms with van der Waals surface area (Å²) in [5.41, 5.74) is 1.20. The quantitative estimate of drug-likeness (QED) is 0.356. The Hall–Kier alpha value is -2.80. The minimum Gasteiger partial charge on any atom is -0.402 e. The van der Waals surface area contributed by atoms with Gasteiger partial charge < -0.3 is 4.74 Å². The van der Waals surface area contributed by atoms with Crippen LogP contribution >= 0.6 is 15.9 Å². The van der Waals surface area contributed by atoms with Crippen molar-refractivity contribution in [3.8, 4) is 0 Å². The van der Waals surface area contributed by atoms with Gasteiger partial charge in [0.25, 0.3) is 5.69 Å². The van der Waals surface area contributed by atoms with Gasteiger partial charge in [-0.3, -0.25) is 10.1 Å². The van der Waals surface area contributed by atoms with E-state index in [1.807, 2.05) is 24.3 Å². The lowest BCUT2D eigenvalue weighted by atomic mass is 10.2. The first kappa shape index (κ1) is 15.1. The van der Waals surface area contributed by atoms with Crippen molar-refractivity contribution in [2.24, 2.45) is 4.99 Å². The van der Waals surface area contributed by atoms with Crippen molar-refractivity contribution in [2.75, 3.05) is 0 Å². The monoisotopic (exact) mass is 372 g/mol. The Morgan fingerprint density at radius 1 is 1.17 bits per heavy atom. The van der Waals surface area contributed by atoms with Crippen molar-refractivity contribution in [1.82, 2.24) is 0 Å². The number of rotatable bonds is 3. The summed E-state index contributed by atoms with van der Waals surface area (Å²) in [6, 6.07) is 13.1. The number of hydrogen-bond acceptors (Lipinski definition) is 5. The predicted octanol–water partition coefficient (Wildman–Crippen LogP) is 3.70. The Kier molecular flexibility index (Phi) is 4.03. The molecule has 2 aromatic carbocycles. The summed E-state index contributed by atoms with van der Waals surface area (Å²) < 4.78 is 5.93. The van der Waals surface area contributed by atoms with Gasteiger partial charge in [-0.2, -0.15) is 0 Å². The Morgan fingerprint density at radius 2 is 1.96 bits per heavy atom. The smallest absolute Gasteiger partial charge is 0.363 e. The van der Waals surface area contributed by atoms with Gasteiger partial charge >= 0.3 is 5.97 Å². The second kappa shape index (κ2) is 6.13. The summed E-state index contributed by atoms with van der Waals surface area (Å²) in [5.74, 6) is -0.542. The second-order valence-electron chi connectivity index (χ2n) is 4.67. The number of carbonyl (C=O) groups excluding carboxylic acids is 1. The zero-order valence-electron chi connectivity index (χ0n) is 11.6. The molecule has 0 radical (unpaired) electrons. The van der Waals surface area contributed by atoms with Gasteiger partial charge in [-0.1, -0.05) is 40.2 Å². The molecule has 0 bridgehead atoms. The van der Waals surface area contributed by atoms with Crippen molar-refractivity contribution < 1.29 is 14.5 Å². The van der Waals surface area contributed by atoms with Crippen molar-refractivity contribution >= 4 is 39.6 Å². The summed E-state index contributed by atoms with van der Waals surface area (Å²) in [6.07, 6.45) is 1.59. The van der Waals surface area contributed by atoms with Crippen molar-refractivity contribution in [2.45, 2.75) is 0 Å². The molecule has 0 amide bonds. The Morgan fingerprint density at radius 3 is 2.70 bits per heavy atom. The number of non-ortho nitro benzene ring substituents is 1. The number of benzene rings is 2. The highest BCUT2D eigenvalue weighted by molar-refractivity contribution is 9.10. The minimum atomic E-state index is -0.595.